The van der Waals surface area contributed by atoms with Crippen molar-refractivity contribution in [2.45, 2.75) is 38.6 Å². The Bertz CT molecular complexity index is 312. The van der Waals surface area contributed by atoms with Gasteiger partial charge in [-0.1, -0.05) is 25.5 Å². The van der Waals surface area contributed by atoms with Crippen molar-refractivity contribution in [3.05, 3.63) is 35.4 Å². The SMILES string of the molecule is CCCC(N)CCc1cccc(F)c1F. The standard InChI is InChI=1S/C12H17F2N/c1-2-4-10(15)8-7-9-5-3-6-11(13)12(9)14/h3,5-6,10H,2,4,7-8,15H2,1H3. The van der Waals surface area contributed by atoms with Gasteiger partial charge < -0.3 is 5.73 Å². The van der Waals surface area contributed by atoms with E-state index in [0.29, 0.717) is 18.4 Å². The van der Waals surface area contributed by atoms with Crippen LogP contribution in [-0.4, -0.2) is 6.04 Å². The summed E-state index contributed by atoms with van der Waals surface area (Å²) in [4.78, 5) is 0. The van der Waals surface area contributed by atoms with Crippen LogP contribution in [0.3, 0.4) is 0 Å². The van der Waals surface area contributed by atoms with Crippen LogP contribution in [0.1, 0.15) is 31.7 Å². The molecule has 1 unspecified atom stereocenters. The average Bonchev–Trinajstić information content (AvgIpc) is 2.21. The Morgan fingerprint density at radius 2 is 2.00 bits per heavy atom. The summed E-state index contributed by atoms with van der Waals surface area (Å²) < 4.78 is 26.1. The zero-order chi connectivity index (χ0) is 11.3. The second-order valence-corrected chi connectivity index (χ2v) is 3.80. The third kappa shape index (κ3) is 3.59. The highest BCUT2D eigenvalue weighted by atomic mass is 19.2. The van der Waals surface area contributed by atoms with E-state index in [4.69, 9.17) is 5.73 Å². The van der Waals surface area contributed by atoms with E-state index in [1.807, 2.05) is 0 Å². The highest BCUT2D eigenvalue weighted by Crippen LogP contribution is 2.14. The molecule has 0 aliphatic rings. The molecule has 0 saturated heterocycles. The third-order valence-corrected chi connectivity index (χ3v) is 2.48. The summed E-state index contributed by atoms with van der Waals surface area (Å²) in [6, 6.07) is 4.35. The van der Waals surface area contributed by atoms with Crippen LogP contribution in [-0.2, 0) is 6.42 Å². The maximum atomic E-state index is 13.2. The molecule has 0 aliphatic carbocycles. The zero-order valence-electron chi connectivity index (χ0n) is 8.97. The number of halogens is 2. The molecule has 0 bridgehead atoms. The first kappa shape index (κ1) is 12.1. The second kappa shape index (κ2) is 5.81. The predicted molar refractivity (Wildman–Crippen MR) is 57.6 cm³/mol. The maximum absolute atomic E-state index is 13.2. The van der Waals surface area contributed by atoms with Crippen molar-refractivity contribution in [1.82, 2.24) is 0 Å². The van der Waals surface area contributed by atoms with Crippen LogP contribution < -0.4 is 5.73 Å². The van der Waals surface area contributed by atoms with E-state index in [1.165, 1.54) is 6.07 Å². The Balaban J connectivity index is 2.54. The van der Waals surface area contributed by atoms with Gasteiger partial charge in [0.15, 0.2) is 11.6 Å². The van der Waals surface area contributed by atoms with Crippen LogP contribution >= 0.6 is 0 Å². The van der Waals surface area contributed by atoms with Crippen LogP contribution in [0.15, 0.2) is 18.2 Å². The van der Waals surface area contributed by atoms with Gasteiger partial charge in [0.25, 0.3) is 0 Å². The molecule has 1 nitrogen and oxygen atoms in total. The first-order valence-corrected chi connectivity index (χ1v) is 5.33. The fourth-order valence-corrected chi connectivity index (χ4v) is 1.60. The molecule has 3 heteroatoms. The van der Waals surface area contributed by atoms with Crippen molar-refractivity contribution in [1.29, 1.82) is 0 Å². The number of aryl methyl sites for hydroxylation is 1. The minimum atomic E-state index is -0.781. The number of hydrogen-bond acceptors (Lipinski definition) is 1. The van der Waals surface area contributed by atoms with Gasteiger partial charge in [-0.2, -0.15) is 0 Å². The Labute approximate surface area is 89.3 Å². The molecule has 0 saturated carbocycles. The fourth-order valence-electron chi connectivity index (χ4n) is 1.60. The number of hydrogen-bond donors (Lipinski definition) is 1. The van der Waals surface area contributed by atoms with Gasteiger partial charge in [-0.15, -0.1) is 0 Å². The van der Waals surface area contributed by atoms with Gasteiger partial charge in [0, 0.05) is 6.04 Å². The largest absolute Gasteiger partial charge is 0.328 e. The lowest BCUT2D eigenvalue weighted by Crippen LogP contribution is -2.20. The molecule has 1 atom stereocenters. The zero-order valence-corrected chi connectivity index (χ0v) is 8.97. The van der Waals surface area contributed by atoms with Crippen LogP contribution in [0.4, 0.5) is 8.78 Å². The Hall–Kier alpha value is -0.960. The first-order valence-electron chi connectivity index (χ1n) is 5.33. The molecule has 0 heterocycles. The van der Waals surface area contributed by atoms with Gasteiger partial charge in [0.2, 0.25) is 0 Å². The average molecular weight is 213 g/mol. The lowest BCUT2D eigenvalue weighted by Gasteiger charge is -2.10. The summed E-state index contributed by atoms with van der Waals surface area (Å²) in [7, 11) is 0. The van der Waals surface area contributed by atoms with Crippen molar-refractivity contribution in [2.75, 3.05) is 0 Å². The normalized spacial score (nSPS) is 12.8. The van der Waals surface area contributed by atoms with Crippen LogP contribution in [0.5, 0.6) is 0 Å². The molecule has 0 aromatic heterocycles. The summed E-state index contributed by atoms with van der Waals surface area (Å²) in [5.41, 5.74) is 6.22. The summed E-state index contributed by atoms with van der Waals surface area (Å²) in [6.07, 6.45) is 3.16. The molecule has 0 spiro atoms. The van der Waals surface area contributed by atoms with Crippen molar-refractivity contribution in [2.24, 2.45) is 5.73 Å². The molecule has 0 aliphatic heterocycles. The Kier molecular flexibility index (Phi) is 4.69. The molecular weight excluding hydrogens is 196 g/mol. The van der Waals surface area contributed by atoms with Gasteiger partial charge in [0.05, 0.1) is 0 Å². The van der Waals surface area contributed by atoms with Crippen molar-refractivity contribution >= 4 is 0 Å². The van der Waals surface area contributed by atoms with Crippen LogP contribution in [0.25, 0.3) is 0 Å². The van der Waals surface area contributed by atoms with Gasteiger partial charge in [0.1, 0.15) is 0 Å². The van der Waals surface area contributed by atoms with Gasteiger partial charge in [-0.05, 0) is 30.9 Å². The minimum Gasteiger partial charge on any atom is -0.328 e. The Morgan fingerprint density at radius 1 is 1.27 bits per heavy atom. The van der Waals surface area contributed by atoms with Gasteiger partial charge in [-0.25, -0.2) is 8.78 Å². The summed E-state index contributed by atoms with van der Waals surface area (Å²) in [6.45, 7) is 2.06. The highest BCUT2D eigenvalue weighted by Gasteiger charge is 2.09. The molecule has 2 N–H and O–H groups in total. The van der Waals surface area contributed by atoms with Gasteiger partial charge >= 0.3 is 0 Å². The van der Waals surface area contributed by atoms with E-state index in [-0.39, 0.29) is 6.04 Å². The monoisotopic (exact) mass is 213 g/mol. The third-order valence-electron chi connectivity index (χ3n) is 2.48. The molecule has 0 amide bonds. The lowest BCUT2D eigenvalue weighted by molar-refractivity contribution is 0.489. The molecule has 1 rings (SSSR count). The number of benzene rings is 1. The van der Waals surface area contributed by atoms with E-state index in [1.54, 1.807) is 6.07 Å². The number of nitrogens with two attached hydrogens (primary N) is 1. The quantitative estimate of drug-likeness (QED) is 0.799. The molecule has 84 valence electrons. The van der Waals surface area contributed by atoms with Gasteiger partial charge in [-0.3, -0.25) is 0 Å². The lowest BCUT2D eigenvalue weighted by atomic mass is 10.0. The molecule has 15 heavy (non-hydrogen) atoms. The predicted octanol–water partition coefficient (Wildman–Crippen LogP) is 3.02. The second-order valence-electron chi connectivity index (χ2n) is 3.80. The smallest absolute Gasteiger partial charge is 0.162 e. The minimum absolute atomic E-state index is 0.0812. The molecule has 1 aromatic carbocycles. The van der Waals surface area contributed by atoms with Crippen LogP contribution in [0, 0.1) is 11.6 Å². The van der Waals surface area contributed by atoms with Crippen LogP contribution in [0.2, 0.25) is 0 Å². The van der Waals surface area contributed by atoms with Crippen molar-refractivity contribution in [3.8, 4) is 0 Å². The molecular formula is C12H17F2N. The molecule has 0 fully saturated rings. The van der Waals surface area contributed by atoms with E-state index >= 15 is 0 Å². The fraction of sp³-hybridized carbons (Fsp3) is 0.500. The van der Waals surface area contributed by atoms with E-state index < -0.39 is 11.6 Å². The topological polar surface area (TPSA) is 26.0 Å². The summed E-state index contributed by atoms with van der Waals surface area (Å²) in [5, 5.41) is 0. The van der Waals surface area contributed by atoms with E-state index in [0.717, 1.165) is 18.9 Å². The summed E-state index contributed by atoms with van der Waals surface area (Å²) in [5.74, 6) is -1.52. The number of rotatable bonds is 5. The maximum Gasteiger partial charge on any atom is 0.162 e. The molecule has 1 aromatic rings. The van der Waals surface area contributed by atoms with E-state index in [9.17, 15) is 8.78 Å². The molecule has 0 radical (unpaired) electrons. The first-order chi connectivity index (χ1) is 7.15. The van der Waals surface area contributed by atoms with E-state index in [2.05, 4.69) is 6.92 Å². The summed E-state index contributed by atoms with van der Waals surface area (Å²) >= 11 is 0. The van der Waals surface area contributed by atoms with Crippen molar-refractivity contribution < 1.29 is 8.78 Å². The Morgan fingerprint density at radius 3 is 2.67 bits per heavy atom. The highest BCUT2D eigenvalue weighted by molar-refractivity contribution is 5.19. The van der Waals surface area contributed by atoms with Crippen molar-refractivity contribution in [3.63, 3.8) is 0 Å².